The number of hydrogen-bond donors (Lipinski definition) is 3. The number of aryl methyl sites for hydroxylation is 1. The third-order valence-corrected chi connectivity index (χ3v) is 21.6. The zero-order valence-corrected chi connectivity index (χ0v) is 59.9. The van der Waals surface area contributed by atoms with Gasteiger partial charge in [-0.1, -0.05) is 84.3 Å². The lowest BCUT2D eigenvalue weighted by Crippen LogP contribution is -2.68. The van der Waals surface area contributed by atoms with Gasteiger partial charge in [0.05, 0.1) is 26.1 Å². The van der Waals surface area contributed by atoms with Gasteiger partial charge in [-0.3, -0.25) is 57.5 Å². The Morgan fingerprint density at radius 3 is 1.86 bits per heavy atom. The number of fused-ring (bicyclic) bond motifs is 3. The molecule has 12 amide bonds. The monoisotopic (exact) mass is 1430 g/mol. The first-order valence-electron chi connectivity index (χ1n) is 35.3. The number of halogens is 7. The topological polar surface area (TPSA) is 270 Å². The van der Waals surface area contributed by atoms with Crippen LogP contribution in [0.3, 0.4) is 0 Å². The van der Waals surface area contributed by atoms with Gasteiger partial charge >= 0.3 is 6.18 Å². The summed E-state index contributed by atoms with van der Waals surface area (Å²) < 4.78 is 104. The molecule has 2 saturated heterocycles. The average molecular weight is 1440 g/mol. The lowest BCUT2D eigenvalue weighted by molar-refractivity contribution is -0.157. The van der Waals surface area contributed by atoms with Crippen LogP contribution in [0.2, 0.25) is 0 Å². The predicted molar refractivity (Wildman–Crippen MR) is 355 cm³/mol. The zero-order chi connectivity index (χ0) is 74.9. The molecule has 3 heterocycles. The van der Waals surface area contributed by atoms with E-state index in [1.54, 1.807) is 32.9 Å². The fourth-order valence-electron chi connectivity index (χ4n) is 15.1. The lowest BCUT2D eigenvalue weighted by atomic mass is 9.74. The third-order valence-electron chi connectivity index (χ3n) is 21.6. The fourth-order valence-corrected chi connectivity index (χ4v) is 15.1. The van der Waals surface area contributed by atoms with E-state index in [-0.39, 0.29) is 51.0 Å². The molecule has 3 aliphatic carbocycles. The maximum Gasteiger partial charge on any atom is 0.422 e. The number of alkyl halides is 5. The molecule has 0 radical (unpaired) electrons. The highest BCUT2D eigenvalue weighted by Crippen LogP contribution is 2.41. The van der Waals surface area contributed by atoms with Crippen LogP contribution in [-0.4, -0.2) is 257 Å². The molecule has 24 nitrogen and oxygen atoms in total. The summed E-state index contributed by atoms with van der Waals surface area (Å²) in [5.74, 6) is -19.4. The van der Waals surface area contributed by atoms with Crippen LogP contribution in [0.25, 0.3) is 0 Å². The van der Waals surface area contributed by atoms with Crippen LogP contribution in [0, 0.1) is 29.4 Å². The number of carbonyl (C=O) groups is 12. The van der Waals surface area contributed by atoms with Crippen LogP contribution in [0.1, 0.15) is 160 Å². The largest absolute Gasteiger partial charge is 0.422 e. The third kappa shape index (κ3) is 18.9. The molecule has 101 heavy (non-hydrogen) atoms. The fraction of sp³-hybridized carbons (Fsp3) is 0.714. The van der Waals surface area contributed by atoms with E-state index >= 15 is 41.5 Å². The van der Waals surface area contributed by atoms with Gasteiger partial charge in [0.2, 0.25) is 70.9 Å². The van der Waals surface area contributed by atoms with Crippen molar-refractivity contribution in [1.82, 2.24) is 60.0 Å². The van der Waals surface area contributed by atoms with Crippen LogP contribution in [0.5, 0.6) is 0 Å². The van der Waals surface area contributed by atoms with Gasteiger partial charge in [-0.2, -0.15) is 13.2 Å². The molecule has 1 aromatic rings. The first kappa shape index (κ1) is 80.4. The molecule has 2 bridgehead atoms. The molecular weight excluding hydrogens is 1330 g/mol. The molecular formula is C70H101F7N12O12. The highest BCUT2D eigenvalue weighted by atomic mass is 19.4. The maximum absolute atomic E-state index is 16.1. The highest BCUT2D eigenvalue weighted by Gasteiger charge is 2.56. The van der Waals surface area contributed by atoms with Crippen molar-refractivity contribution in [2.45, 2.75) is 222 Å². The van der Waals surface area contributed by atoms with Crippen LogP contribution >= 0.6 is 0 Å². The molecule has 6 aliphatic rings. The van der Waals surface area contributed by atoms with Crippen molar-refractivity contribution < 1.29 is 88.3 Å². The summed E-state index contributed by atoms with van der Waals surface area (Å²) in [7, 11) is 10.7. The minimum absolute atomic E-state index is 0.00342. The molecule has 0 aromatic heterocycles. The van der Waals surface area contributed by atoms with Crippen LogP contribution in [-0.2, 0) is 70.1 Å². The first-order chi connectivity index (χ1) is 47.4. The number of hydrogen-bond acceptors (Lipinski definition) is 12. The second kappa shape index (κ2) is 33.9. The normalized spacial score (nSPS) is 27.8. The molecule has 1 aromatic carbocycles. The van der Waals surface area contributed by atoms with Crippen molar-refractivity contribution in [2.75, 3.05) is 82.6 Å². The summed E-state index contributed by atoms with van der Waals surface area (Å²) in [6.45, 7) is 2.16. The Balaban J connectivity index is 1.31. The van der Waals surface area contributed by atoms with Gasteiger partial charge in [0, 0.05) is 69.3 Å². The molecule has 562 valence electrons. The van der Waals surface area contributed by atoms with Crippen molar-refractivity contribution in [2.24, 2.45) is 17.8 Å². The second-order valence-electron chi connectivity index (χ2n) is 28.9. The Hall–Kier alpha value is -7.89. The number of nitrogens with zero attached hydrogens (tertiary/aromatic N) is 9. The van der Waals surface area contributed by atoms with Gasteiger partial charge in [-0.15, -0.1) is 0 Å². The smallest absolute Gasteiger partial charge is 0.347 e. The molecule has 0 unspecified atom stereocenters. The number of carbonyl (C=O) groups excluding carboxylic acids is 12. The first-order valence-corrected chi connectivity index (χ1v) is 35.3. The molecule has 3 saturated carbocycles. The summed E-state index contributed by atoms with van der Waals surface area (Å²) in [4.78, 5) is 188. The SMILES string of the molecule is CC[C@H](C)[C@@H]1NC(=O)[C@H](CC)N(C)C(=O)C[C@@H](C(=O)N(C)C)N(C)C(=O)[C@H](C2CCCC2)N(C)C(=O)C2(CCC2)NC(=O)[C@@H]2CC(F)(F)CN2C(=O)[C@H](CCc2cc(F)c(C(F)(F)F)c(F)c2)NC(=O)CN(C)C(=O)[C@H](CC2CCCCC2)N2CC/C=C\C[C@@H](C2=O)N(C)C(=O)CN(C)C1=O. The Kier molecular flexibility index (Phi) is 27.0. The van der Waals surface area contributed by atoms with Crippen LogP contribution < -0.4 is 16.0 Å². The summed E-state index contributed by atoms with van der Waals surface area (Å²) >= 11 is 0. The minimum Gasteiger partial charge on any atom is -0.347 e. The standard InChI is InChI=1S/C70H101F7N12O12/c1-12-41(3)57-65(99)83(7)39-55(92)85(9)49-27-18-15-21-32-88(64(49)98)51(35-42-23-16-14-17-24-42)63(97)82(6)38-53(90)78-47(29-28-43-33-45(71)56(46(72)34-43)70(75,76)77)61(95)89-40-69(73,74)37-52(89)60(94)80-68(30-22-31-68)67(101)87(11)58(44-25-19-20-26-44)66(100)86(10)50(62(96)81(4)5)36-54(91)84(8)48(13-2)59(93)79-57/h15,18,33-34,41-42,44,47-52,57-58H,12-14,16-17,19-32,35-40H2,1-11H3,(H,78,90)(H,79,93)(H,80,94)/b18-15-/t41-,47-,48-,49-,50-,51-,52-,57-,58-/m0/s1. The molecule has 1 spiro atoms. The minimum atomic E-state index is -5.47. The molecule has 3 N–H and O–H groups in total. The van der Waals surface area contributed by atoms with Gasteiger partial charge < -0.3 is 60.0 Å². The summed E-state index contributed by atoms with van der Waals surface area (Å²) in [6.07, 6.45) is 1.49. The molecule has 3 aliphatic heterocycles. The van der Waals surface area contributed by atoms with Gasteiger partial charge in [-0.25, -0.2) is 17.6 Å². The molecule has 31 heteroatoms. The lowest BCUT2D eigenvalue weighted by Gasteiger charge is -2.46. The van der Waals surface area contributed by atoms with E-state index in [9.17, 15) is 46.7 Å². The van der Waals surface area contributed by atoms with E-state index in [1.165, 1.54) is 61.3 Å². The Morgan fingerprint density at radius 1 is 0.673 bits per heavy atom. The Labute approximate surface area is 586 Å². The van der Waals surface area contributed by atoms with Crippen molar-refractivity contribution in [3.05, 3.63) is 47.0 Å². The number of rotatable bonds is 10. The van der Waals surface area contributed by atoms with E-state index in [2.05, 4.69) is 16.0 Å². The van der Waals surface area contributed by atoms with E-state index < -0.39 is 217 Å². The second-order valence-corrected chi connectivity index (χ2v) is 28.9. The zero-order valence-electron chi connectivity index (χ0n) is 59.9. The van der Waals surface area contributed by atoms with Gasteiger partial charge in [0.15, 0.2) is 0 Å². The number of likely N-dealkylation sites (N-methyl/N-ethyl adjacent to an activating group) is 7. The van der Waals surface area contributed by atoms with E-state index in [4.69, 9.17) is 0 Å². The quantitative estimate of drug-likeness (QED) is 0.205. The predicted octanol–water partition coefficient (Wildman–Crippen LogP) is 5.04. The van der Waals surface area contributed by atoms with Crippen molar-refractivity contribution >= 4 is 70.9 Å². The molecule has 7 rings (SSSR count). The highest BCUT2D eigenvalue weighted by molar-refractivity contribution is 6.01. The molecule has 9 atom stereocenters. The van der Waals surface area contributed by atoms with Crippen LogP contribution in [0.4, 0.5) is 30.7 Å². The van der Waals surface area contributed by atoms with E-state index in [0.29, 0.717) is 68.4 Å². The van der Waals surface area contributed by atoms with E-state index in [0.717, 1.165) is 53.6 Å². The van der Waals surface area contributed by atoms with Gasteiger partial charge in [0.25, 0.3) is 5.92 Å². The van der Waals surface area contributed by atoms with Crippen LogP contribution in [0.15, 0.2) is 24.3 Å². The number of amides is 12. The van der Waals surface area contributed by atoms with Crippen molar-refractivity contribution in [3.63, 3.8) is 0 Å². The summed E-state index contributed by atoms with van der Waals surface area (Å²) in [5.41, 5.74) is -4.53. The number of nitrogens with one attached hydrogen (secondary N) is 3. The Bertz CT molecular complexity index is 3260. The Morgan fingerprint density at radius 2 is 1.29 bits per heavy atom. The molecule has 5 fully saturated rings. The van der Waals surface area contributed by atoms with E-state index in [1.807, 2.05) is 0 Å². The average Bonchev–Trinajstić information content (AvgIpc) is 1.73. The van der Waals surface area contributed by atoms with Crippen molar-refractivity contribution in [3.8, 4) is 0 Å². The van der Waals surface area contributed by atoms with Crippen molar-refractivity contribution in [1.29, 1.82) is 0 Å². The summed E-state index contributed by atoms with van der Waals surface area (Å²) in [6, 6.07) is -11.3. The van der Waals surface area contributed by atoms with Gasteiger partial charge in [0.1, 0.15) is 71.1 Å². The summed E-state index contributed by atoms with van der Waals surface area (Å²) in [5, 5.41) is 7.87. The van der Waals surface area contributed by atoms with Gasteiger partial charge in [-0.05, 0) is 106 Å². The number of benzene rings is 1. The maximum atomic E-state index is 16.1.